The molecule has 1 unspecified atom stereocenters. The van der Waals surface area contributed by atoms with Crippen LogP contribution in [0.3, 0.4) is 0 Å². The number of hydrogen-bond donors (Lipinski definition) is 1. The fourth-order valence-electron chi connectivity index (χ4n) is 5.26. The van der Waals surface area contributed by atoms with Gasteiger partial charge in [-0.25, -0.2) is 9.78 Å². The summed E-state index contributed by atoms with van der Waals surface area (Å²) < 4.78 is 12.1. The van der Waals surface area contributed by atoms with Crippen LogP contribution in [0.25, 0.3) is 11.1 Å². The number of hydrogen-bond acceptors (Lipinski definition) is 6. The minimum atomic E-state index is -1.16. The maximum atomic E-state index is 12.6. The van der Waals surface area contributed by atoms with Crippen LogP contribution in [0.1, 0.15) is 75.9 Å². The summed E-state index contributed by atoms with van der Waals surface area (Å²) in [7, 11) is 0. The van der Waals surface area contributed by atoms with Crippen molar-refractivity contribution in [1.82, 2.24) is 9.97 Å². The number of pyridine rings is 2. The summed E-state index contributed by atoms with van der Waals surface area (Å²) in [6.07, 6.45) is 5.12. The lowest BCUT2D eigenvalue weighted by molar-refractivity contribution is -0.160. The zero-order chi connectivity index (χ0) is 29.9. The molecule has 3 aromatic rings. The van der Waals surface area contributed by atoms with E-state index in [-0.39, 0.29) is 5.41 Å². The van der Waals surface area contributed by atoms with Gasteiger partial charge in [-0.1, -0.05) is 37.6 Å². The van der Waals surface area contributed by atoms with E-state index in [4.69, 9.17) is 21.1 Å². The standard InChI is InChI=1S/C33H42ClN3O4/c1-21-9-8-10-26(34)24(21)13-18-40-27-12-11-23(19-36-27)25-20-35-22(2)28(30(31(38)39)41-32(3,4)5)29(25)37-16-14-33(6,7)15-17-37/h8-12,19-20,30H,13-18H2,1-7H3,(H,38,39). The van der Waals surface area contributed by atoms with Gasteiger partial charge < -0.3 is 19.5 Å². The number of benzene rings is 1. The molecule has 1 saturated heterocycles. The highest BCUT2D eigenvalue weighted by Crippen LogP contribution is 2.43. The molecule has 0 aliphatic carbocycles. The number of nitrogens with zero attached hydrogens (tertiary/aromatic N) is 3. The number of carbonyl (C=O) groups is 1. The molecule has 220 valence electrons. The molecule has 8 heteroatoms. The van der Waals surface area contributed by atoms with Gasteiger partial charge in [-0.2, -0.15) is 0 Å². The van der Waals surface area contributed by atoms with Gasteiger partial charge in [-0.15, -0.1) is 0 Å². The van der Waals surface area contributed by atoms with Crippen LogP contribution in [-0.4, -0.2) is 46.3 Å². The lowest BCUT2D eigenvalue weighted by Crippen LogP contribution is -2.39. The first-order valence-electron chi connectivity index (χ1n) is 14.2. The molecule has 2 aromatic heterocycles. The van der Waals surface area contributed by atoms with E-state index in [2.05, 4.69) is 28.7 Å². The third kappa shape index (κ3) is 7.57. The topological polar surface area (TPSA) is 84.8 Å². The van der Waals surface area contributed by atoms with Crippen LogP contribution in [0.5, 0.6) is 5.88 Å². The Bertz CT molecular complexity index is 1350. The van der Waals surface area contributed by atoms with Crippen LogP contribution < -0.4 is 9.64 Å². The smallest absolute Gasteiger partial charge is 0.337 e. The molecule has 1 fully saturated rings. The first-order valence-corrected chi connectivity index (χ1v) is 14.6. The van der Waals surface area contributed by atoms with Crippen molar-refractivity contribution in [1.29, 1.82) is 0 Å². The molecule has 4 rings (SSSR count). The minimum Gasteiger partial charge on any atom is -0.479 e. The highest BCUT2D eigenvalue weighted by atomic mass is 35.5. The number of halogens is 1. The van der Waals surface area contributed by atoms with Crippen molar-refractivity contribution in [2.75, 3.05) is 24.6 Å². The number of aliphatic carboxylic acids is 1. The SMILES string of the molecule is Cc1cccc(Cl)c1CCOc1ccc(-c2cnc(C)c(C(OC(C)(C)C)C(=O)O)c2N2CCC(C)(C)CC2)cn1. The Morgan fingerprint density at radius 2 is 1.80 bits per heavy atom. The van der Waals surface area contributed by atoms with Crippen molar-refractivity contribution in [3.8, 4) is 17.0 Å². The molecule has 0 saturated carbocycles. The number of anilines is 1. The maximum absolute atomic E-state index is 12.6. The minimum absolute atomic E-state index is 0.232. The maximum Gasteiger partial charge on any atom is 0.337 e. The third-order valence-corrected chi connectivity index (χ3v) is 8.03. The summed E-state index contributed by atoms with van der Waals surface area (Å²) in [5.41, 5.74) is 5.56. The van der Waals surface area contributed by atoms with E-state index in [1.807, 2.05) is 71.1 Å². The molecule has 1 aliphatic rings. The van der Waals surface area contributed by atoms with Gasteiger partial charge in [0.05, 0.1) is 17.9 Å². The van der Waals surface area contributed by atoms with Crippen molar-refractivity contribution in [3.63, 3.8) is 0 Å². The fourth-order valence-corrected chi connectivity index (χ4v) is 5.58. The highest BCUT2D eigenvalue weighted by Gasteiger charge is 2.35. The Labute approximate surface area is 248 Å². The van der Waals surface area contributed by atoms with Crippen LogP contribution in [0.4, 0.5) is 5.69 Å². The molecule has 1 N–H and O–H groups in total. The molecule has 7 nitrogen and oxygen atoms in total. The monoisotopic (exact) mass is 579 g/mol. The van der Waals surface area contributed by atoms with Crippen molar-refractivity contribution in [2.24, 2.45) is 5.41 Å². The molecular weight excluding hydrogens is 538 g/mol. The zero-order valence-electron chi connectivity index (χ0n) is 25.3. The number of piperidine rings is 1. The second-order valence-corrected chi connectivity index (χ2v) is 13.0. The Kier molecular flexibility index (Phi) is 9.29. The number of ether oxygens (including phenoxy) is 2. The highest BCUT2D eigenvalue weighted by molar-refractivity contribution is 6.31. The van der Waals surface area contributed by atoms with Crippen molar-refractivity contribution in [2.45, 2.75) is 79.4 Å². The van der Waals surface area contributed by atoms with Gasteiger partial charge in [0.25, 0.3) is 0 Å². The summed E-state index contributed by atoms with van der Waals surface area (Å²) >= 11 is 6.37. The summed E-state index contributed by atoms with van der Waals surface area (Å²) in [6, 6.07) is 9.68. The van der Waals surface area contributed by atoms with Crippen molar-refractivity contribution >= 4 is 23.3 Å². The van der Waals surface area contributed by atoms with Crippen molar-refractivity contribution in [3.05, 3.63) is 70.1 Å². The van der Waals surface area contributed by atoms with Gasteiger partial charge in [0.15, 0.2) is 6.10 Å². The number of carboxylic acids is 1. The van der Waals surface area contributed by atoms with Crippen LogP contribution in [-0.2, 0) is 16.0 Å². The third-order valence-electron chi connectivity index (χ3n) is 7.68. The summed E-state index contributed by atoms with van der Waals surface area (Å²) in [6.45, 7) is 16.1. The molecule has 3 heterocycles. The average Bonchev–Trinajstić information content (AvgIpc) is 2.89. The first kappa shape index (κ1) is 30.8. The molecule has 1 atom stereocenters. The van der Waals surface area contributed by atoms with E-state index in [0.29, 0.717) is 30.2 Å². The first-order chi connectivity index (χ1) is 19.3. The van der Waals surface area contributed by atoms with E-state index in [1.54, 1.807) is 6.20 Å². The second-order valence-electron chi connectivity index (χ2n) is 12.6. The molecule has 1 aliphatic heterocycles. The Morgan fingerprint density at radius 3 is 2.39 bits per heavy atom. The fraction of sp³-hybridized carbons (Fsp3) is 0.485. The van der Waals surface area contributed by atoms with Gasteiger partial charge in [0, 0.05) is 65.4 Å². The number of carboxylic acid groups (broad SMARTS) is 1. The van der Waals surface area contributed by atoms with Gasteiger partial charge in [-0.05, 0) is 76.1 Å². The molecule has 1 aromatic carbocycles. The number of rotatable bonds is 9. The Morgan fingerprint density at radius 1 is 1.10 bits per heavy atom. The van der Waals surface area contributed by atoms with Gasteiger partial charge in [0.2, 0.25) is 5.88 Å². The van der Waals surface area contributed by atoms with Crippen LogP contribution in [0.15, 0.2) is 42.7 Å². The lowest BCUT2D eigenvalue weighted by Gasteiger charge is -2.40. The molecule has 0 spiro atoms. The molecule has 0 amide bonds. The zero-order valence-corrected chi connectivity index (χ0v) is 26.0. The predicted molar refractivity (Wildman–Crippen MR) is 164 cm³/mol. The van der Waals surface area contributed by atoms with Gasteiger partial charge >= 0.3 is 5.97 Å². The van der Waals surface area contributed by atoms with Crippen LogP contribution in [0, 0.1) is 19.3 Å². The quantitative estimate of drug-likeness (QED) is 0.279. The summed E-state index contributed by atoms with van der Waals surface area (Å²) in [4.78, 5) is 24.1. The van der Waals surface area contributed by atoms with Gasteiger partial charge in [0.1, 0.15) is 0 Å². The van der Waals surface area contributed by atoms with Crippen LogP contribution >= 0.6 is 11.6 Å². The summed E-state index contributed by atoms with van der Waals surface area (Å²) in [5.74, 6) is -0.518. The summed E-state index contributed by atoms with van der Waals surface area (Å²) in [5, 5.41) is 11.0. The second kappa shape index (κ2) is 12.4. The van der Waals surface area contributed by atoms with E-state index >= 15 is 0 Å². The lowest BCUT2D eigenvalue weighted by atomic mass is 9.82. The molecule has 0 bridgehead atoms. The van der Waals surface area contributed by atoms with E-state index < -0.39 is 17.7 Å². The van der Waals surface area contributed by atoms with Crippen LogP contribution in [0.2, 0.25) is 5.02 Å². The van der Waals surface area contributed by atoms with E-state index in [9.17, 15) is 9.90 Å². The molecule has 41 heavy (non-hydrogen) atoms. The van der Waals surface area contributed by atoms with Crippen molar-refractivity contribution < 1.29 is 19.4 Å². The molecular formula is C33H42ClN3O4. The normalized spacial score (nSPS) is 16.0. The van der Waals surface area contributed by atoms with E-state index in [1.165, 1.54) is 0 Å². The molecule has 0 radical (unpaired) electrons. The Balaban J connectivity index is 1.68. The van der Waals surface area contributed by atoms with E-state index in [0.717, 1.165) is 58.9 Å². The average molecular weight is 580 g/mol. The number of aryl methyl sites for hydroxylation is 2. The van der Waals surface area contributed by atoms with Gasteiger partial charge in [-0.3, -0.25) is 4.98 Å². The largest absolute Gasteiger partial charge is 0.479 e. The number of aromatic nitrogens is 2. The Hall–Kier alpha value is -3.16. The predicted octanol–water partition coefficient (Wildman–Crippen LogP) is 7.60.